The number of rotatable bonds is 4. The smallest absolute Gasteiger partial charge is 0.345 e. The van der Waals surface area contributed by atoms with Gasteiger partial charge in [-0.1, -0.05) is 0 Å². The number of Topliss-reactive ketones (excluding diaryl/α,β-unsaturated/α-hetero) is 1. The summed E-state index contributed by atoms with van der Waals surface area (Å²) in [6.45, 7) is 1.77. The van der Waals surface area contributed by atoms with Crippen LogP contribution >= 0.6 is 15.9 Å². The van der Waals surface area contributed by atoms with Gasteiger partial charge >= 0.3 is 5.69 Å². The van der Waals surface area contributed by atoms with Gasteiger partial charge in [0, 0.05) is 13.1 Å². The summed E-state index contributed by atoms with van der Waals surface area (Å²) in [4.78, 5) is 40.8. The molecule has 24 heavy (non-hydrogen) atoms. The van der Waals surface area contributed by atoms with Crippen LogP contribution in [0.3, 0.4) is 0 Å². The third-order valence-corrected chi connectivity index (χ3v) is 4.32. The second kappa shape index (κ2) is 7.08. The summed E-state index contributed by atoms with van der Waals surface area (Å²) >= 11 is 3.18. The Kier molecular flexibility index (Phi) is 4.89. The maximum atomic E-state index is 12.6. The fourth-order valence-corrected chi connectivity index (χ4v) is 3.07. The fourth-order valence-electron chi connectivity index (χ4n) is 2.79. The van der Waals surface area contributed by atoms with Crippen molar-refractivity contribution in [2.24, 2.45) is 0 Å². The molecule has 0 aliphatic carbocycles. The van der Waals surface area contributed by atoms with E-state index in [2.05, 4.69) is 40.8 Å². The lowest BCUT2D eigenvalue weighted by Crippen LogP contribution is -2.32. The van der Waals surface area contributed by atoms with Crippen LogP contribution in [-0.4, -0.2) is 38.8 Å². The van der Waals surface area contributed by atoms with Gasteiger partial charge < -0.3 is 15.6 Å². The number of carbonyl (C=O) groups excluding carboxylic acids is 1. The Morgan fingerprint density at radius 2 is 2.00 bits per heavy atom. The Morgan fingerprint density at radius 3 is 2.75 bits per heavy atom. The predicted molar refractivity (Wildman–Crippen MR) is 93.1 cm³/mol. The molecule has 1 aliphatic heterocycles. The molecule has 2 aromatic rings. The SMILES string of the molecule is Nc1ncc(Br)nc1C(=O)Cc1[nH]c(=O)ncc1N1CCCCC1. The van der Waals surface area contributed by atoms with E-state index in [0.29, 0.717) is 10.3 Å². The van der Waals surface area contributed by atoms with Crippen molar-refractivity contribution in [2.75, 3.05) is 23.7 Å². The highest BCUT2D eigenvalue weighted by atomic mass is 79.9. The minimum absolute atomic E-state index is 0.0150. The van der Waals surface area contributed by atoms with Gasteiger partial charge in [0.1, 0.15) is 10.3 Å². The predicted octanol–water partition coefficient (Wildman–Crippen LogP) is 1.32. The lowest BCUT2D eigenvalue weighted by Gasteiger charge is -2.29. The van der Waals surface area contributed by atoms with E-state index >= 15 is 0 Å². The summed E-state index contributed by atoms with van der Waals surface area (Å²) in [5, 5.41) is 0. The molecular weight excluding hydrogens is 376 g/mol. The van der Waals surface area contributed by atoms with Crippen LogP contribution in [0.1, 0.15) is 35.4 Å². The number of nitrogens with two attached hydrogens (primary N) is 1. The molecule has 0 bridgehead atoms. The van der Waals surface area contributed by atoms with Crippen molar-refractivity contribution in [3.05, 3.63) is 38.9 Å². The van der Waals surface area contributed by atoms with E-state index in [-0.39, 0.29) is 23.7 Å². The first-order chi connectivity index (χ1) is 11.5. The Labute approximate surface area is 146 Å². The Balaban J connectivity index is 1.91. The molecule has 3 rings (SSSR count). The lowest BCUT2D eigenvalue weighted by molar-refractivity contribution is 0.0987. The van der Waals surface area contributed by atoms with Gasteiger partial charge in [-0.25, -0.2) is 14.8 Å². The van der Waals surface area contributed by atoms with E-state index in [1.807, 2.05) is 0 Å². The van der Waals surface area contributed by atoms with Gasteiger partial charge in [-0.2, -0.15) is 4.98 Å². The largest absolute Gasteiger partial charge is 0.382 e. The molecule has 126 valence electrons. The molecule has 0 radical (unpaired) electrons. The van der Waals surface area contributed by atoms with Gasteiger partial charge in [0.25, 0.3) is 0 Å². The number of anilines is 2. The highest BCUT2D eigenvalue weighted by Crippen LogP contribution is 2.23. The Bertz CT molecular complexity index is 816. The van der Waals surface area contributed by atoms with E-state index in [0.717, 1.165) is 31.6 Å². The first kappa shape index (κ1) is 16.6. The molecule has 0 atom stereocenters. The summed E-state index contributed by atoms with van der Waals surface area (Å²) < 4.78 is 0.430. The first-order valence-electron chi connectivity index (χ1n) is 7.69. The zero-order valence-corrected chi connectivity index (χ0v) is 14.5. The molecule has 1 saturated heterocycles. The number of hydrogen-bond acceptors (Lipinski definition) is 7. The van der Waals surface area contributed by atoms with E-state index < -0.39 is 5.69 Å². The van der Waals surface area contributed by atoms with E-state index in [4.69, 9.17) is 5.73 Å². The van der Waals surface area contributed by atoms with Crippen molar-refractivity contribution < 1.29 is 4.79 Å². The van der Waals surface area contributed by atoms with Gasteiger partial charge in [0.2, 0.25) is 0 Å². The number of carbonyl (C=O) groups is 1. The van der Waals surface area contributed by atoms with Crippen molar-refractivity contribution in [1.82, 2.24) is 19.9 Å². The Morgan fingerprint density at radius 1 is 1.25 bits per heavy atom. The quantitative estimate of drug-likeness (QED) is 0.753. The third-order valence-electron chi connectivity index (χ3n) is 3.94. The van der Waals surface area contributed by atoms with Gasteiger partial charge in [0.15, 0.2) is 11.6 Å². The minimum atomic E-state index is -0.480. The number of halogens is 1. The maximum Gasteiger partial charge on any atom is 0.345 e. The average Bonchev–Trinajstić information content (AvgIpc) is 2.58. The lowest BCUT2D eigenvalue weighted by atomic mass is 10.1. The van der Waals surface area contributed by atoms with Gasteiger partial charge in [-0.3, -0.25) is 4.79 Å². The molecule has 3 heterocycles. The normalized spacial score (nSPS) is 14.6. The molecule has 2 aromatic heterocycles. The summed E-state index contributed by atoms with van der Waals surface area (Å²) in [6, 6.07) is 0. The summed E-state index contributed by atoms with van der Waals surface area (Å²) in [7, 11) is 0. The van der Waals surface area contributed by atoms with Crippen molar-refractivity contribution in [2.45, 2.75) is 25.7 Å². The molecule has 8 nitrogen and oxygen atoms in total. The number of nitrogens with one attached hydrogen (secondary N) is 1. The molecule has 0 saturated carbocycles. The maximum absolute atomic E-state index is 12.6. The van der Waals surface area contributed by atoms with Crippen LogP contribution in [0.15, 0.2) is 21.8 Å². The molecule has 1 aliphatic rings. The molecular formula is C15H17BrN6O2. The fraction of sp³-hybridized carbons (Fsp3) is 0.400. The number of piperidine rings is 1. The highest BCUT2D eigenvalue weighted by Gasteiger charge is 2.20. The first-order valence-corrected chi connectivity index (χ1v) is 8.48. The van der Waals surface area contributed by atoms with E-state index in [9.17, 15) is 9.59 Å². The molecule has 0 unspecified atom stereocenters. The standard InChI is InChI=1S/C15H17BrN6O2/c16-12-8-18-14(17)13(21-12)11(23)6-9-10(7-19-15(24)20-9)22-4-2-1-3-5-22/h7-8H,1-6H2,(H2,17,18)(H,19,20,24). The number of aromatic amines is 1. The zero-order valence-electron chi connectivity index (χ0n) is 13.0. The third kappa shape index (κ3) is 3.61. The summed E-state index contributed by atoms with van der Waals surface area (Å²) in [5.41, 5.74) is 6.67. The van der Waals surface area contributed by atoms with Crippen LogP contribution in [0.25, 0.3) is 0 Å². The summed E-state index contributed by atoms with van der Waals surface area (Å²) in [6.07, 6.45) is 6.29. The second-order valence-electron chi connectivity index (χ2n) is 5.63. The van der Waals surface area contributed by atoms with Crippen molar-refractivity contribution >= 4 is 33.2 Å². The number of hydrogen-bond donors (Lipinski definition) is 2. The average molecular weight is 393 g/mol. The molecule has 0 aromatic carbocycles. The number of aromatic nitrogens is 4. The van der Waals surface area contributed by atoms with Crippen LogP contribution in [0.4, 0.5) is 11.5 Å². The monoisotopic (exact) mass is 392 g/mol. The topological polar surface area (TPSA) is 118 Å². The van der Waals surface area contributed by atoms with Gasteiger partial charge in [0.05, 0.1) is 30.2 Å². The second-order valence-corrected chi connectivity index (χ2v) is 6.44. The molecule has 0 spiro atoms. The van der Waals surface area contributed by atoms with E-state index in [1.165, 1.54) is 18.8 Å². The number of ketones is 1. The van der Waals surface area contributed by atoms with Crippen LogP contribution in [0.2, 0.25) is 0 Å². The van der Waals surface area contributed by atoms with Crippen LogP contribution in [0, 0.1) is 0 Å². The van der Waals surface area contributed by atoms with Gasteiger partial charge in [-0.15, -0.1) is 0 Å². The zero-order chi connectivity index (χ0) is 17.1. The minimum Gasteiger partial charge on any atom is -0.382 e. The van der Waals surface area contributed by atoms with Crippen molar-refractivity contribution in [3.63, 3.8) is 0 Å². The number of H-pyrrole nitrogens is 1. The van der Waals surface area contributed by atoms with Crippen LogP contribution in [0.5, 0.6) is 0 Å². The van der Waals surface area contributed by atoms with Crippen molar-refractivity contribution in [1.29, 1.82) is 0 Å². The molecule has 9 heteroatoms. The van der Waals surface area contributed by atoms with Crippen LogP contribution in [-0.2, 0) is 6.42 Å². The number of nitrogens with zero attached hydrogens (tertiary/aromatic N) is 4. The van der Waals surface area contributed by atoms with Crippen LogP contribution < -0.4 is 16.3 Å². The molecule has 3 N–H and O–H groups in total. The van der Waals surface area contributed by atoms with Crippen molar-refractivity contribution in [3.8, 4) is 0 Å². The van der Waals surface area contributed by atoms with Gasteiger partial charge in [-0.05, 0) is 35.2 Å². The number of nitrogen functional groups attached to an aromatic ring is 1. The Hall–Kier alpha value is -2.29. The molecule has 0 amide bonds. The summed E-state index contributed by atoms with van der Waals surface area (Å²) in [5.74, 6) is -0.236. The van der Waals surface area contributed by atoms with E-state index in [1.54, 1.807) is 0 Å². The highest BCUT2D eigenvalue weighted by molar-refractivity contribution is 9.10. The molecule has 1 fully saturated rings.